The minimum atomic E-state index is -1.20. The number of aryl methyl sites for hydroxylation is 1. The second kappa shape index (κ2) is 8.65. The number of amides is 2. The van der Waals surface area contributed by atoms with Crippen molar-refractivity contribution in [2.24, 2.45) is 7.05 Å². The molecule has 0 aliphatic rings. The van der Waals surface area contributed by atoms with Gasteiger partial charge in [-0.15, -0.1) is 0 Å². The van der Waals surface area contributed by atoms with Crippen LogP contribution in [0.5, 0.6) is 5.75 Å². The van der Waals surface area contributed by atoms with E-state index >= 15 is 0 Å². The summed E-state index contributed by atoms with van der Waals surface area (Å²) >= 11 is -1.20. The Bertz CT molecular complexity index is 1320. The van der Waals surface area contributed by atoms with Gasteiger partial charge in [-0.3, -0.25) is 0 Å². The molecule has 1 aromatic carbocycles. The number of nitrogens with zero attached hydrogens (tertiary/aromatic N) is 4. The van der Waals surface area contributed by atoms with Crippen LogP contribution >= 0.6 is 0 Å². The Morgan fingerprint density at radius 1 is 1.19 bits per heavy atom. The SMILES string of the molecule is Cn1c(=O)[nH]c2nccc(O[I-]NC(=O)Nc3cc(C(C)(C)C)nn3-c3ccccc3)c21. The van der Waals surface area contributed by atoms with Crippen molar-refractivity contribution in [3.8, 4) is 11.4 Å². The number of H-pyrrole nitrogens is 1. The Kier molecular flexibility index (Phi) is 5.91. The first-order valence-electron chi connectivity index (χ1n) is 9.81. The van der Waals surface area contributed by atoms with E-state index in [-0.39, 0.29) is 11.1 Å². The number of aromatic nitrogens is 5. The first-order chi connectivity index (χ1) is 15.2. The molecule has 32 heavy (non-hydrogen) atoms. The Labute approximate surface area is 195 Å². The molecule has 168 valence electrons. The molecule has 0 spiro atoms. The zero-order valence-corrected chi connectivity index (χ0v) is 20.2. The van der Waals surface area contributed by atoms with E-state index in [1.54, 1.807) is 24.0 Å². The molecule has 4 rings (SSSR count). The molecule has 2 amide bonds. The van der Waals surface area contributed by atoms with Crippen molar-refractivity contribution in [3.63, 3.8) is 0 Å². The number of para-hydroxylation sites is 1. The first-order valence-corrected chi connectivity index (χ1v) is 11.8. The number of hydrogen-bond donors (Lipinski definition) is 3. The van der Waals surface area contributed by atoms with Crippen LogP contribution in [-0.2, 0) is 12.5 Å². The van der Waals surface area contributed by atoms with Gasteiger partial charge in [0.2, 0.25) is 0 Å². The molecule has 0 fully saturated rings. The van der Waals surface area contributed by atoms with E-state index in [4.69, 9.17) is 3.07 Å². The van der Waals surface area contributed by atoms with E-state index in [2.05, 4.69) is 44.7 Å². The van der Waals surface area contributed by atoms with Crippen molar-refractivity contribution in [3.05, 3.63) is 64.8 Å². The summed E-state index contributed by atoms with van der Waals surface area (Å²) < 4.78 is 11.7. The second-order valence-electron chi connectivity index (χ2n) is 8.11. The summed E-state index contributed by atoms with van der Waals surface area (Å²) in [4.78, 5) is 31.2. The number of imidazole rings is 1. The summed E-state index contributed by atoms with van der Waals surface area (Å²) in [5.74, 6) is 1.04. The van der Waals surface area contributed by atoms with Crippen LogP contribution in [-0.4, -0.2) is 30.3 Å². The topological polar surface area (TPSA) is 119 Å². The number of benzene rings is 1. The number of nitrogens with one attached hydrogen (secondary N) is 3. The maximum absolute atomic E-state index is 12.6. The normalized spacial score (nSPS) is 11.6. The number of fused-ring (bicyclic) bond motifs is 1. The van der Waals surface area contributed by atoms with Crippen LogP contribution in [0.25, 0.3) is 16.9 Å². The molecule has 0 saturated heterocycles. The molecule has 0 unspecified atom stereocenters. The quantitative estimate of drug-likeness (QED) is 0.237. The molecule has 10 nitrogen and oxygen atoms in total. The number of urea groups is 1. The summed E-state index contributed by atoms with van der Waals surface area (Å²) in [6.07, 6.45) is 1.55. The molecule has 3 N–H and O–H groups in total. The van der Waals surface area contributed by atoms with E-state index in [9.17, 15) is 9.59 Å². The van der Waals surface area contributed by atoms with E-state index in [1.165, 1.54) is 4.57 Å². The van der Waals surface area contributed by atoms with Gasteiger partial charge in [-0.05, 0) is 0 Å². The fourth-order valence-electron chi connectivity index (χ4n) is 3.04. The van der Waals surface area contributed by atoms with Crippen LogP contribution in [0.2, 0.25) is 0 Å². The average Bonchev–Trinajstić information content (AvgIpc) is 3.30. The van der Waals surface area contributed by atoms with E-state index in [0.717, 1.165) is 11.4 Å². The molecule has 0 saturated carbocycles. The number of halogens is 1. The third kappa shape index (κ3) is 4.47. The van der Waals surface area contributed by atoms with E-state index < -0.39 is 27.9 Å². The van der Waals surface area contributed by atoms with Crippen LogP contribution in [0.3, 0.4) is 0 Å². The fourth-order valence-corrected chi connectivity index (χ4v) is 4.08. The predicted octanol–water partition coefficient (Wildman–Crippen LogP) is -0.136. The Morgan fingerprint density at radius 3 is 2.66 bits per heavy atom. The number of carbonyl (C=O) groups excluding carboxylic acids is 1. The fraction of sp³-hybridized carbons (Fsp3) is 0.238. The number of aromatic amines is 1. The van der Waals surface area contributed by atoms with Gasteiger partial charge in [0.1, 0.15) is 0 Å². The maximum atomic E-state index is 12.6. The van der Waals surface area contributed by atoms with Gasteiger partial charge in [0, 0.05) is 0 Å². The molecular weight excluding hydrogens is 525 g/mol. The van der Waals surface area contributed by atoms with Gasteiger partial charge in [0.25, 0.3) is 0 Å². The summed E-state index contributed by atoms with van der Waals surface area (Å²) in [6.45, 7) is 6.20. The summed E-state index contributed by atoms with van der Waals surface area (Å²) in [5, 5.41) is 7.55. The molecule has 0 aliphatic carbocycles. The van der Waals surface area contributed by atoms with Crippen LogP contribution in [0.15, 0.2) is 53.5 Å². The number of pyridine rings is 1. The van der Waals surface area contributed by atoms with Gasteiger partial charge >= 0.3 is 195 Å². The summed E-state index contributed by atoms with van der Waals surface area (Å²) in [5.41, 5.74) is 2.23. The minimum absolute atomic E-state index is 0.178. The third-order valence-electron chi connectivity index (χ3n) is 4.72. The molecule has 11 heteroatoms. The van der Waals surface area contributed by atoms with Crippen LogP contribution in [0.4, 0.5) is 10.6 Å². The van der Waals surface area contributed by atoms with E-state index in [0.29, 0.717) is 22.7 Å². The molecule has 0 atom stereocenters. The van der Waals surface area contributed by atoms with Crippen molar-refractivity contribution in [2.45, 2.75) is 26.2 Å². The van der Waals surface area contributed by atoms with Gasteiger partial charge in [-0.1, -0.05) is 0 Å². The summed E-state index contributed by atoms with van der Waals surface area (Å²) in [6, 6.07) is 12.7. The molecule has 3 heterocycles. The van der Waals surface area contributed by atoms with Crippen molar-refractivity contribution < 1.29 is 29.8 Å². The van der Waals surface area contributed by atoms with Gasteiger partial charge in [0.15, 0.2) is 0 Å². The number of carbonyl (C=O) groups is 1. The van der Waals surface area contributed by atoms with Crippen molar-refractivity contribution in [1.82, 2.24) is 27.8 Å². The van der Waals surface area contributed by atoms with E-state index in [1.807, 2.05) is 36.4 Å². The van der Waals surface area contributed by atoms with Gasteiger partial charge in [-0.25, -0.2) is 0 Å². The van der Waals surface area contributed by atoms with Crippen molar-refractivity contribution in [2.75, 3.05) is 5.32 Å². The van der Waals surface area contributed by atoms with Crippen LogP contribution < -0.4 is 39.5 Å². The number of hydrogen-bond acceptors (Lipinski definition) is 5. The number of anilines is 1. The van der Waals surface area contributed by atoms with Gasteiger partial charge in [0.05, 0.1) is 0 Å². The second-order valence-corrected chi connectivity index (χ2v) is 9.53. The van der Waals surface area contributed by atoms with Crippen LogP contribution in [0, 0.1) is 0 Å². The van der Waals surface area contributed by atoms with Crippen molar-refractivity contribution >= 4 is 23.0 Å². The molecular formula is C21H23IN7O3-. The predicted molar refractivity (Wildman–Crippen MR) is 116 cm³/mol. The average molecular weight is 548 g/mol. The standard InChI is InChI=1S/C21H23IN7O3/c1-21(2,3)15-12-16(29(27-15)13-8-6-5-7-9-13)24-19(30)26-22-32-14-10-11-23-18-17(14)28(4)20(31)25-18/h5-12H,1-4H3,(H,23,25,31)(H2,24,26,30)/q-1. The molecule has 4 aromatic rings. The Morgan fingerprint density at radius 2 is 1.94 bits per heavy atom. The molecule has 0 radical (unpaired) electrons. The zero-order chi connectivity index (χ0) is 22.9. The molecule has 3 aromatic heterocycles. The Balaban J connectivity index is 1.48. The van der Waals surface area contributed by atoms with Gasteiger partial charge < -0.3 is 0 Å². The monoisotopic (exact) mass is 548 g/mol. The third-order valence-corrected chi connectivity index (χ3v) is 6.12. The van der Waals surface area contributed by atoms with Gasteiger partial charge in [-0.2, -0.15) is 0 Å². The first kappa shape index (κ1) is 21.9. The van der Waals surface area contributed by atoms with Crippen LogP contribution in [0.1, 0.15) is 26.5 Å². The summed E-state index contributed by atoms with van der Waals surface area (Å²) in [7, 11) is 1.63. The molecule has 0 aliphatic heterocycles. The Hall–Kier alpha value is -3.35. The zero-order valence-electron chi connectivity index (χ0n) is 18.0. The molecule has 0 bridgehead atoms. The number of rotatable bonds is 5. The van der Waals surface area contributed by atoms with Crippen molar-refractivity contribution in [1.29, 1.82) is 0 Å².